The van der Waals surface area contributed by atoms with Crippen LogP contribution in [0.5, 0.6) is 5.75 Å². The number of rotatable bonds is 7. The molecule has 1 aliphatic heterocycles. The molecule has 2 aliphatic rings. The zero-order chi connectivity index (χ0) is 21.1. The van der Waals surface area contributed by atoms with Gasteiger partial charge >= 0.3 is 0 Å². The second-order valence-corrected chi connectivity index (χ2v) is 8.42. The Morgan fingerprint density at radius 3 is 2.43 bits per heavy atom. The van der Waals surface area contributed by atoms with Crippen LogP contribution in [-0.2, 0) is 4.74 Å². The highest BCUT2D eigenvalue weighted by Gasteiger charge is 2.30. The van der Waals surface area contributed by atoms with Gasteiger partial charge in [0, 0.05) is 37.1 Å². The van der Waals surface area contributed by atoms with Crippen molar-refractivity contribution in [3.63, 3.8) is 0 Å². The summed E-state index contributed by atoms with van der Waals surface area (Å²) < 4.78 is 24.0. The van der Waals surface area contributed by atoms with Gasteiger partial charge in [-0.1, -0.05) is 12.1 Å². The number of halogens is 1. The van der Waals surface area contributed by atoms with E-state index in [4.69, 9.17) is 9.47 Å². The number of benzene rings is 1. The number of nitrogens with zero attached hydrogens (tertiary/aromatic N) is 3. The molecule has 0 bridgehead atoms. The Hall–Kier alpha value is -2.81. The van der Waals surface area contributed by atoms with Crippen molar-refractivity contribution in [3.05, 3.63) is 35.4 Å². The molecule has 0 atom stereocenters. The molecule has 2 aromatic rings. The third kappa shape index (κ3) is 4.07. The highest BCUT2D eigenvalue weighted by molar-refractivity contribution is 7.99. The van der Waals surface area contributed by atoms with Crippen molar-refractivity contribution in [3.8, 4) is 29.0 Å². The van der Waals surface area contributed by atoms with E-state index < -0.39 is 6.17 Å². The van der Waals surface area contributed by atoms with E-state index in [9.17, 15) is 14.9 Å². The Balaban J connectivity index is 1.67. The minimum Gasteiger partial charge on any atom is -0.490 e. The molecule has 6 nitrogen and oxygen atoms in total. The third-order valence-electron chi connectivity index (χ3n) is 5.27. The van der Waals surface area contributed by atoms with E-state index in [1.807, 2.05) is 12.1 Å². The van der Waals surface area contributed by atoms with Crippen LogP contribution >= 0.6 is 11.8 Å². The molecule has 1 aromatic heterocycles. The lowest BCUT2D eigenvalue weighted by molar-refractivity contribution is -0.0196. The van der Waals surface area contributed by atoms with Crippen molar-refractivity contribution in [2.75, 3.05) is 31.3 Å². The summed E-state index contributed by atoms with van der Waals surface area (Å²) in [6.07, 6.45) is -0.0293. The maximum Gasteiger partial charge on any atom is 0.145 e. The van der Waals surface area contributed by atoms with Gasteiger partial charge in [0.25, 0.3) is 0 Å². The second kappa shape index (κ2) is 8.91. The summed E-state index contributed by atoms with van der Waals surface area (Å²) in [6, 6.07) is 11.7. The van der Waals surface area contributed by atoms with E-state index in [0.29, 0.717) is 52.0 Å². The molecular weight excluding hydrogens is 403 g/mol. The Kier molecular flexibility index (Phi) is 6.08. The fourth-order valence-electron chi connectivity index (χ4n) is 3.42. The van der Waals surface area contributed by atoms with Crippen molar-refractivity contribution in [1.82, 2.24) is 4.98 Å². The molecule has 4 rings (SSSR count). The van der Waals surface area contributed by atoms with Crippen molar-refractivity contribution < 1.29 is 13.9 Å². The van der Waals surface area contributed by atoms with Gasteiger partial charge in [-0.25, -0.2) is 9.37 Å². The van der Waals surface area contributed by atoms with E-state index in [1.54, 1.807) is 19.2 Å². The van der Waals surface area contributed by atoms with Crippen LogP contribution < -0.4 is 10.1 Å². The number of aromatic nitrogens is 1. The first-order chi connectivity index (χ1) is 14.6. The summed E-state index contributed by atoms with van der Waals surface area (Å²) in [6.45, 7) is 1.45. The highest BCUT2D eigenvalue weighted by atomic mass is 32.2. The summed E-state index contributed by atoms with van der Waals surface area (Å²) in [7, 11) is 1.71. The van der Waals surface area contributed by atoms with Gasteiger partial charge in [-0.2, -0.15) is 10.5 Å². The average molecular weight is 425 g/mol. The van der Waals surface area contributed by atoms with Gasteiger partial charge in [0.15, 0.2) is 0 Å². The number of anilines is 1. The predicted molar refractivity (Wildman–Crippen MR) is 112 cm³/mol. The Labute approximate surface area is 179 Å². The molecule has 1 saturated heterocycles. The van der Waals surface area contributed by atoms with Gasteiger partial charge in [0.2, 0.25) is 0 Å². The average Bonchev–Trinajstić information content (AvgIpc) is 2.71. The summed E-state index contributed by atoms with van der Waals surface area (Å²) in [4.78, 5) is 4.54. The molecule has 30 heavy (non-hydrogen) atoms. The normalized spacial score (nSPS) is 20.4. The number of alkyl halides is 1. The first kappa shape index (κ1) is 20.5. The van der Waals surface area contributed by atoms with Crippen LogP contribution in [0.2, 0.25) is 0 Å². The first-order valence-electron chi connectivity index (χ1n) is 9.80. The lowest BCUT2D eigenvalue weighted by atomic mass is 9.93. The quantitative estimate of drug-likeness (QED) is 0.668. The largest absolute Gasteiger partial charge is 0.490 e. The first-order valence-corrected chi connectivity index (χ1v) is 10.8. The van der Waals surface area contributed by atoms with Crippen LogP contribution in [-0.4, -0.2) is 43.3 Å². The van der Waals surface area contributed by atoms with Gasteiger partial charge in [-0.3, -0.25) is 0 Å². The number of pyridine rings is 1. The second-order valence-electron chi connectivity index (χ2n) is 7.41. The Morgan fingerprint density at radius 2 is 1.90 bits per heavy atom. The maximum atomic E-state index is 13.0. The summed E-state index contributed by atoms with van der Waals surface area (Å²) in [5.41, 5.74) is 2.02. The predicted octanol–water partition coefficient (Wildman–Crippen LogP) is 4.15. The highest BCUT2D eigenvalue weighted by Crippen LogP contribution is 2.38. The standard InChI is InChI=1S/C22H21FN4O2S/c1-26-21-18(8-24)20(19(9-25)22(27-21)30-12-13-10-28-11-13)14-2-4-16(5-3-14)29-17-6-15(23)7-17/h2-5,13,15,17H,6-7,10-12H2,1H3,(H,26,27). The van der Waals surface area contributed by atoms with Gasteiger partial charge in [-0.15, -0.1) is 11.8 Å². The lowest BCUT2D eigenvalue weighted by Gasteiger charge is -2.30. The SMILES string of the molecule is CNc1nc(SCC2COC2)c(C#N)c(-c2ccc(OC3CC(F)C3)cc2)c1C#N. The van der Waals surface area contributed by atoms with Crippen LogP contribution in [0.15, 0.2) is 29.3 Å². The van der Waals surface area contributed by atoms with Gasteiger partial charge in [-0.05, 0) is 17.7 Å². The summed E-state index contributed by atoms with van der Waals surface area (Å²) >= 11 is 1.51. The molecular formula is C22H21FN4O2S. The fourth-order valence-corrected chi connectivity index (χ4v) is 4.45. The van der Waals surface area contributed by atoms with E-state index in [-0.39, 0.29) is 6.10 Å². The van der Waals surface area contributed by atoms with Crippen LogP contribution in [0.25, 0.3) is 11.1 Å². The van der Waals surface area contributed by atoms with Gasteiger partial charge in [0.1, 0.15) is 46.6 Å². The molecule has 0 radical (unpaired) electrons. The van der Waals surface area contributed by atoms with Crippen molar-refractivity contribution >= 4 is 17.6 Å². The smallest absolute Gasteiger partial charge is 0.145 e. The summed E-state index contributed by atoms with van der Waals surface area (Å²) in [5, 5.41) is 23.3. The van der Waals surface area contributed by atoms with Crippen molar-refractivity contribution in [2.45, 2.75) is 30.1 Å². The number of nitrogens with one attached hydrogen (secondary N) is 1. The number of hydrogen-bond donors (Lipinski definition) is 1. The molecule has 0 spiro atoms. The maximum absolute atomic E-state index is 13.0. The number of hydrogen-bond acceptors (Lipinski definition) is 7. The molecule has 1 aliphatic carbocycles. The van der Waals surface area contributed by atoms with Gasteiger partial charge in [0.05, 0.1) is 18.8 Å². The van der Waals surface area contributed by atoms with Crippen LogP contribution in [0, 0.1) is 28.6 Å². The minimum absolute atomic E-state index is 0.0921. The van der Waals surface area contributed by atoms with E-state index in [0.717, 1.165) is 24.5 Å². The van der Waals surface area contributed by atoms with Crippen LogP contribution in [0.4, 0.5) is 10.2 Å². The monoisotopic (exact) mass is 424 g/mol. The van der Waals surface area contributed by atoms with Crippen molar-refractivity contribution in [1.29, 1.82) is 10.5 Å². The Morgan fingerprint density at radius 1 is 1.20 bits per heavy atom. The molecule has 1 N–H and O–H groups in total. The zero-order valence-electron chi connectivity index (χ0n) is 16.5. The molecule has 1 saturated carbocycles. The Bertz CT molecular complexity index is 1010. The molecule has 0 unspecified atom stereocenters. The molecule has 0 amide bonds. The van der Waals surface area contributed by atoms with Crippen LogP contribution in [0.3, 0.4) is 0 Å². The number of ether oxygens (including phenoxy) is 2. The molecule has 2 heterocycles. The lowest BCUT2D eigenvalue weighted by Crippen LogP contribution is -2.34. The van der Waals surface area contributed by atoms with Crippen LogP contribution in [0.1, 0.15) is 24.0 Å². The molecule has 8 heteroatoms. The molecule has 1 aromatic carbocycles. The topological polar surface area (TPSA) is 91.0 Å². The third-order valence-corrected chi connectivity index (χ3v) is 6.48. The van der Waals surface area contributed by atoms with E-state index >= 15 is 0 Å². The van der Waals surface area contributed by atoms with Gasteiger partial charge < -0.3 is 14.8 Å². The molecule has 154 valence electrons. The zero-order valence-corrected chi connectivity index (χ0v) is 17.3. The number of thioether (sulfide) groups is 1. The number of nitriles is 2. The fraction of sp³-hybridized carbons (Fsp3) is 0.409. The van der Waals surface area contributed by atoms with E-state index in [1.165, 1.54) is 11.8 Å². The molecule has 2 fully saturated rings. The summed E-state index contributed by atoms with van der Waals surface area (Å²) in [5.74, 6) is 2.35. The van der Waals surface area contributed by atoms with E-state index in [2.05, 4.69) is 22.4 Å². The minimum atomic E-state index is -0.773. The van der Waals surface area contributed by atoms with Crippen molar-refractivity contribution in [2.24, 2.45) is 5.92 Å².